The van der Waals surface area contributed by atoms with Crippen LogP contribution in [0, 0.1) is 0 Å². The molecule has 0 amide bonds. The van der Waals surface area contributed by atoms with Crippen LogP contribution in [0.3, 0.4) is 0 Å². The Balaban J connectivity index is 2.11. The van der Waals surface area contributed by atoms with Crippen molar-refractivity contribution in [1.29, 1.82) is 0 Å². The Morgan fingerprint density at radius 2 is 2.14 bits per heavy atom. The second kappa shape index (κ2) is 4.43. The van der Waals surface area contributed by atoms with Crippen molar-refractivity contribution in [3.05, 3.63) is 22.7 Å². The molecule has 5 heteroatoms. The molecule has 0 spiro atoms. The van der Waals surface area contributed by atoms with E-state index < -0.39 is 0 Å². The number of alkyl halides is 1. The summed E-state index contributed by atoms with van der Waals surface area (Å²) in [4.78, 5) is 10.7. The van der Waals surface area contributed by atoms with Gasteiger partial charge in [-0.15, -0.1) is 11.6 Å². The van der Waals surface area contributed by atoms with Crippen LogP contribution in [0.5, 0.6) is 0 Å². The molecule has 2 heterocycles. The average molecular weight is 232 g/mol. The first-order valence-electron chi connectivity index (χ1n) is 4.58. The van der Waals surface area contributed by atoms with Gasteiger partial charge in [0.15, 0.2) is 0 Å². The van der Waals surface area contributed by atoms with Crippen molar-refractivity contribution < 1.29 is 0 Å². The monoisotopic (exact) mass is 231 g/mol. The lowest BCUT2D eigenvalue weighted by Gasteiger charge is -2.29. The lowest BCUT2D eigenvalue weighted by Crippen LogP contribution is -2.36. The minimum atomic E-state index is 0.384. The first-order chi connectivity index (χ1) is 6.78. The number of rotatable bonds is 3. The van der Waals surface area contributed by atoms with Gasteiger partial charge in [0, 0.05) is 0 Å². The van der Waals surface area contributed by atoms with Gasteiger partial charge in [0.05, 0.1) is 18.1 Å². The van der Waals surface area contributed by atoms with Crippen LogP contribution in [0.15, 0.2) is 6.07 Å². The molecule has 0 aliphatic carbocycles. The highest BCUT2D eigenvalue weighted by molar-refractivity contribution is 6.29. The van der Waals surface area contributed by atoms with E-state index in [1.165, 1.54) is 6.42 Å². The summed E-state index contributed by atoms with van der Waals surface area (Å²) in [6.45, 7) is 3.04. The molecule has 1 aromatic heterocycles. The molecule has 0 N–H and O–H groups in total. The Bertz CT molecular complexity index is 326. The molecular weight excluding hydrogens is 221 g/mol. The first kappa shape index (κ1) is 10.1. The van der Waals surface area contributed by atoms with Crippen molar-refractivity contribution in [1.82, 2.24) is 14.9 Å². The summed E-state index contributed by atoms with van der Waals surface area (Å²) >= 11 is 11.5. The molecule has 0 unspecified atom stereocenters. The predicted octanol–water partition coefficient (Wildman–Crippen LogP) is 2.07. The van der Waals surface area contributed by atoms with E-state index in [4.69, 9.17) is 23.2 Å². The Hall–Kier alpha value is -0.380. The molecule has 0 atom stereocenters. The minimum Gasteiger partial charge on any atom is -0.296 e. The lowest BCUT2D eigenvalue weighted by atomic mass is 10.2. The van der Waals surface area contributed by atoms with Gasteiger partial charge in [0.1, 0.15) is 11.0 Å². The van der Waals surface area contributed by atoms with Crippen LogP contribution in [0.4, 0.5) is 0 Å². The fourth-order valence-electron chi connectivity index (χ4n) is 1.40. The standard InChI is InChI=1S/C9H11Cl2N3/c10-5-7-4-8(11)13-9(12-7)6-14-2-1-3-14/h4H,1-3,5-6H2. The highest BCUT2D eigenvalue weighted by atomic mass is 35.5. The Kier molecular flexibility index (Phi) is 3.21. The molecule has 76 valence electrons. The Labute approximate surface area is 93.1 Å². The maximum absolute atomic E-state index is 5.85. The molecule has 0 saturated carbocycles. The Morgan fingerprint density at radius 3 is 2.71 bits per heavy atom. The third-order valence-corrected chi connectivity index (χ3v) is 2.71. The molecule has 2 rings (SSSR count). The van der Waals surface area contributed by atoms with Crippen molar-refractivity contribution in [2.24, 2.45) is 0 Å². The van der Waals surface area contributed by atoms with Gasteiger partial charge in [0.2, 0.25) is 0 Å². The molecule has 14 heavy (non-hydrogen) atoms. The molecule has 0 radical (unpaired) electrons. The molecule has 0 bridgehead atoms. The molecule has 1 aromatic rings. The maximum atomic E-state index is 5.85. The fraction of sp³-hybridized carbons (Fsp3) is 0.556. The smallest absolute Gasteiger partial charge is 0.144 e. The molecule has 1 saturated heterocycles. The van der Waals surface area contributed by atoms with E-state index in [1.54, 1.807) is 6.07 Å². The van der Waals surface area contributed by atoms with Crippen molar-refractivity contribution in [3.63, 3.8) is 0 Å². The van der Waals surface area contributed by atoms with Crippen molar-refractivity contribution in [2.45, 2.75) is 18.8 Å². The zero-order chi connectivity index (χ0) is 9.97. The third kappa shape index (κ3) is 2.35. The fourth-order valence-corrected chi connectivity index (χ4v) is 1.76. The topological polar surface area (TPSA) is 29.0 Å². The number of halogens is 2. The largest absolute Gasteiger partial charge is 0.296 e. The number of hydrogen-bond donors (Lipinski definition) is 0. The van der Waals surface area contributed by atoms with E-state index in [0.717, 1.165) is 31.2 Å². The summed E-state index contributed by atoms with van der Waals surface area (Å²) in [6.07, 6.45) is 1.27. The predicted molar refractivity (Wildman–Crippen MR) is 56.5 cm³/mol. The molecule has 0 aromatic carbocycles. The Morgan fingerprint density at radius 1 is 1.36 bits per heavy atom. The highest BCUT2D eigenvalue weighted by Gasteiger charge is 2.15. The van der Waals surface area contributed by atoms with Gasteiger partial charge in [-0.2, -0.15) is 0 Å². The van der Waals surface area contributed by atoms with Crippen molar-refractivity contribution >= 4 is 23.2 Å². The first-order valence-corrected chi connectivity index (χ1v) is 5.50. The molecule has 1 aliphatic heterocycles. The minimum absolute atomic E-state index is 0.384. The van der Waals surface area contributed by atoms with Gasteiger partial charge in [-0.1, -0.05) is 11.6 Å². The van der Waals surface area contributed by atoms with Crippen LogP contribution in [0.2, 0.25) is 5.15 Å². The second-order valence-electron chi connectivity index (χ2n) is 3.36. The molecule has 1 aliphatic rings. The van der Waals surface area contributed by atoms with Crippen LogP contribution < -0.4 is 0 Å². The van der Waals surface area contributed by atoms with Crippen LogP contribution >= 0.6 is 23.2 Å². The molecular formula is C9H11Cl2N3. The van der Waals surface area contributed by atoms with Gasteiger partial charge in [-0.3, -0.25) is 4.90 Å². The van der Waals surface area contributed by atoms with Gasteiger partial charge in [-0.25, -0.2) is 9.97 Å². The maximum Gasteiger partial charge on any atom is 0.144 e. The third-order valence-electron chi connectivity index (χ3n) is 2.24. The quantitative estimate of drug-likeness (QED) is 0.590. The summed E-state index contributed by atoms with van der Waals surface area (Å²) in [5.41, 5.74) is 0.794. The van der Waals surface area contributed by atoms with E-state index in [2.05, 4.69) is 14.9 Å². The average Bonchev–Trinajstić information content (AvgIpc) is 2.10. The zero-order valence-electron chi connectivity index (χ0n) is 7.71. The van der Waals surface area contributed by atoms with Gasteiger partial charge >= 0.3 is 0 Å². The van der Waals surface area contributed by atoms with Crippen LogP contribution in [0.25, 0.3) is 0 Å². The van der Waals surface area contributed by atoms with Crippen LogP contribution in [0.1, 0.15) is 17.9 Å². The summed E-state index contributed by atoms with van der Waals surface area (Å²) in [5, 5.41) is 0.478. The van der Waals surface area contributed by atoms with E-state index in [1.807, 2.05) is 0 Å². The van der Waals surface area contributed by atoms with Gasteiger partial charge < -0.3 is 0 Å². The lowest BCUT2D eigenvalue weighted by molar-refractivity contribution is 0.168. The van der Waals surface area contributed by atoms with Gasteiger partial charge in [0.25, 0.3) is 0 Å². The van der Waals surface area contributed by atoms with Gasteiger partial charge in [-0.05, 0) is 25.6 Å². The number of aromatic nitrogens is 2. The summed E-state index contributed by atoms with van der Waals surface area (Å²) in [7, 11) is 0. The van der Waals surface area contributed by atoms with Crippen molar-refractivity contribution in [3.8, 4) is 0 Å². The summed E-state index contributed by atoms with van der Waals surface area (Å²) in [5.74, 6) is 1.16. The molecule has 1 fully saturated rings. The van der Waals surface area contributed by atoms with Crippen LogP contribution in [-0.4, -0.2) is 28.0 Å². The van der Waals surface area contributed by atoms with E-state index in [-0.39, 0.29) is 0 Å². The number of hydrogen-bond acceptors (Lipinski definition) is 3. The number of nitrogens with zero attached hydrogens (tertiary/aromatic N) is 3. The van der Waals surface area contributed by atoms with E-state index in [9.17, 15) is 0 Å². The zero-order valence-corrected chi connectivity index (χ0v) is 9.22. The SMILES string of the molecule is ClCc1cc(Cl)nc(CN2CCC2)n1. The normalized spacial score (nSPS) is 16.7. The number of likely N-dealkylation sites (tertiary alicyclic amines) is 1. The van der Waals surface area contributed by atoms with E-state index in [0.29, 0.717) is 11.0 Å². The summed E-state index contributed by atoms with van der Waals surface area (Å²) < 4.78 is 0. The van der Waals surface area contributed by atoms with Crippen LogP contribution in [-0.2, 0) is 12.4 Å². The van der Waals surface area contributed by atoms with E-state index >= 15 is 0 Å². The molecule has 3 nitrogen and oxygen atoms in total. The van der Waals surface area contributed by atoms with Crippen molar-refractivity contribution in [2.75, 3.05) is 13.1 Å². The summed E-state index contributed by atoms with van der Waals surface area (Å²) in [6, 6.07) is 1.70. The highest BCUT2D eigenvalue weighted by Crippen LogP contribution is 2.13. The second-order valence-corrected chi connectivity index (χ2v) is 4.02.